The average Bonchev–Trinajstić information content (AvgIpc) is 2.87. The van der Waals surface area contributed by atoms with Crippen molar-refractivity contribution in [2.75, 3.05) is 30.8 Å². The van der Waals surface area contributed by atoms with Gasteiger partial charge in [-0.15, -0.1) is 0 Å². The molecule has 0 aliphatic rings. The minimum Gasteiger partial charge on any atom is -0.497 e. The van der Waals surface area contributed by atoms with E-state index >= 15 is 0 Å². The van der Waals surface area contributed by atoms with E-state index in [1.54, 1.807) is 36.4 Å². The fourth-order valence-electron chi connectivity index (χ4n) is 3.96. The fraction of sp³-hybridized carbons (Fsp3) is 0.481. The van der Waals surface area contributed by atoms with Crippen LogP contribution in [0.1, 0.15) is 51.5 Å². The molecule has 8 nitrogen and oxygen atoms in total. The molecule has 2 amide bonds. The highest BCUT2D eigenvalue weighted by molar-refractivity contribution is 7.92. The first-order chi connectivity index (χ1) is 17.6. The Kier molecular flexibility index (Phi) is 11.8. The van der Waals surface area contributed by atoms with E-state index in [-0.39, 0.29) is 43.6 Å². The van der Waals surface area contributed by atoms with Gasteiger partial charge in [-0.3, -0.25) is 13.9 Å². The largest absolute Gasteiger partial charge is 0.497 e. The Balaban J connectivity index is 2.18. The summed E-state index contributed by atoms with van der Waals surface area (Å²) in [5.74, 6) is -0.288. The van der Waals surface area contributed by atoms with Crippen LogP contribution in [0.25, 0.3) is 0 Å². The van der Waals surface area contributed by atoms with Gasteiger partial charge in [-0.25, -0.2) is 12.8 Å². The molecule has 0 heterocycles. The molecule has 1 unspecified atom stereocenters. The van der Waals surface area contributed by atoms with Crippen molar-refractivity contribution in [2.45, 2.75) is 58.5 Å². The summed E-state index contributed by atoms with van der Waals surface area (Å²) < 4.78 is 44.7. The number of unbranched alkanes of at least 4 members (excludes halogenated alkanes) is 1. The first kappa shape index (κ1) is 30.1. The second-order valence-electron chi connectivity index (χ2n) is 8.85. The zero-order chi connectivity index (χ0) is 27.4. The van der Waals surface area contributed by atoms with Crippen molar-refractivity contribution in [1.29, 1.82) is 0 Å². The minimum atomic E-state index is -3.59. The number of nitrogens with zero attached hydrogens (tertiary/aromatic N) is 2. The van der Waals surface area contributed by atoms with Crippen molar-refractivity contribution in [3.63, 3.8) is 0 Å². The Morgan fingerprint density at radius 1 is 1.03 bits per heavy atom. The number of rotatable bonds is 15. The lowest BCUT2D eigenvalue weighted by molar-refractivity contribution is -0.141. The number of methoxy groups -OCH3 is 1. The van der Waals surface area contributed by atoms with Gasteiger partial charge in [0.2, 0.25) is 21.8 Å². The van der Waals surface area contributed by atoms with E-state index in [1.807, 2.05) is 13.8 Å². The average molecular weight is 536 g/mol. The molecule has 2 rings (SSSR count). The van der Waals surface area contributed by atoms with E-state index in [1.165, 1.54) is 28.4 Å². The van der Waals surface area contributed by atoms with Gasteiger partial charge in [-0.1, -0.05) is 32.4 Å². The van der Waals surface area contributed by atoms with Gasteiger partial charge in [0, 0.05) is 26.1 Å². The fourth-order valence-corrected chi connectivity index (χ4v) is 4.93. The molecule has 0 saturated heterocycles. The number of nitrogens with one attached hydrogen (secondary N) is 1. The van der Waals surface area contributed by atoms with Crippen LogP contribution in [0.2, 0.25) is 0 Å². The lowest BCUT2D eigenvalue weighted by Gasteiger charge is -2.31. The predicted molar refractivity (Wildman–Crippen MR) is 143 cm³/mol. The topological polar surface area (TPSA) is 96.0 Å². The second-order valence-corrected chi connectivity index (χ2v) is 10.8. The van der Waals surface area contributed by atoms with Crippen LogP contribution in [-0.2, 0) is 26.2 Å². The molecule has 1 atom stereocenters. The van der Waals surface area contributed by atoms with E-state index < -0.39 is 16.1 Å². The first-order valence-corrected chi connectivity index (χ1v) is 14.4. The number of hydrogen-bond acceptors (Lipinski definition) is 5. The van der Waals surface area contributed by atoms with Crippen LogP contribution in [0.3, 0.4) is 0 Å². The van der Waals surface area contributed by atoms with E-state index in [0.29, 0.717) is 30.0 Å². The van der Waals surface area contributed by atoms with Crippen molar-refractivity contribution >= 4 is 27.5 Å². The molecule has 0 spiro atoms. The Morgan fingerprint density at radius 3 is 2.22 bits per heavy atom. The van der Waals surface area contributed by atoms with Crippen LogP contribution in [0.15, 0.2) is 48.5 Å². The van der Waals surface area contributed by atoms with Gasteiger partial charge in [0.15, 0.2) is 0 Å². The minimum absolute atomic E-state index is 0.0438. The smallest absolute Gasteiger partial charge is 0.242 e. The third-order valence-corrected chi connectivity index (χ3v) is 7.19. The van der Waals surface area contributed by atoms with Crippen LogP contribution >= 0.6 is 0 Å². The SMILES string of the molecule is CCCCNC(=O)C(CC)N(Cc1ccc(F)cc1)C(=O)CCCN(c1ccc(OC)cc1)S(C)(=O)=O. The molecule has 1 N–H and O–H groups in total. The van der Waals surface area contributed by atoms with Crippen molar-refractivity contribution in [2.24, 2.45) is 0 Å². The quantitative estimate of drug-likeness (QED) is 0.347. The summed E-state index contributed by atoms with van der Waals surface area (Å²) in [5.41, 5.74) is 1.17. The van der Waals surface area contributed by atoms with Gasteiger partial charge >= 0.3 is 0 Å². The number of benzene rings is 2. The van der Waals surface area contributed by atoms with Gasteiger partial charge in [0.1, 0.15) is 17.6 Å². The number of amides is 2. The molecule has 0 radical (unpaired) electrons. The molecular weight excluding hydrogens is 497 g/mol. The molecule has 0 saturated carbocycles. The molecule has 37 heavy (non-hydrogen) atoms. The maximum atomic E-state index is 13.4. The van der Waals surface area contributed by atoms with Gasteiger partial charge in [-0.05, 0) is 61.2 Å². The van der Waals surface area contributed by atoms with Crippen molar-refractivity contribution < 1.29 is 27.1 Å². The first-order valence-electron chi connectivity index (χ1n) is 12.5. The van der Waals surface area contributed by atoms with Gasteiger partial charge in [0.25, 0.3) is 0 Å². The van der Waals surface area contributed by atoms with E-state index in [9.17, 15) is 22.4 Å². The van der Waals surface area contributed by atoms with E-state index in [2.05, 4.69) is 5.32 Å². The molecule has 0 aliphatic carbocycles. The highest BCUT2D eigenvalue weighted by Crippen LogP contribution is 2.22. The zero-order valence-electron chi connectivity index (χ0n) is 22.1. The number of hydrogen-bond donors (Lipinski definition) is 1. The Bertz CT molecular complexity index is 1110. The summed E-state index contributed by atoms with van der Waals surface area (Å²) in [6.45, 7) is 4.63. The monoisotopic (exact) mass is 535 g/mol. The Labute approximate surface area is 219 Å². The number of carbonyl (C=O) groups excluding carboxylic acids is 2. The zero-order valence-corrected chi connectivity index (χ0v) is 22.9. The normalized spacial score (nSPS) is 12.0. The highest BCUT2D eigenvalue weighted by atomic mass is 32.2. The maximum Gasteiger partial charge on any atom is 0.242 e. The molecule has 204 valence electrons. The summed E-state index contributed by atoms with van der Waals surface area (Å²) in [5, 5.41) is 2.90. The molecule has 0 aromatic heterocycles. The second kappa shape index (κ2) is 14.6. The van der Waals surface area contributed by atoms with Crippen LogP contribution < -0.4 is 14.4 Å². The number of anilines is 1. The predicted octanol–water partition coefficient (Wildman–Crippen LogP) is 4.10. The number of carbonyl (C=O) groups is 2. The van der Waals surface area contributed by atoms with Crippen LogP contribution in [0.4, 0.5) is 10.1 Å². The number of ether oxygens (including phenoxy) is 1. The summed E-state index contributed by atoms with van der Waals surface area (Å²) in [6, 6.07) is 11.8. The van der Waals surface area contributed by atoms with Crippen LogP contribution in [0, 0.1) is 5.82 Å². The Morgan fingerprint density at radius 2 is 1.68 bits per heavy atom. The van der Waals surface area contributed by atoms with Crippen LogP contribution in [0.5, 0.6) is 5.75 Å². The summed E-state index contributed by atoms with van der Waals surface area (Å²) in [6.07, 6.45) is 3.59. The van der Waals surface area contributed by atoms with Gasteiger partial charge in [-0.2, -0.15) is 0 Å². The maximum absolute atomic E-state index is 13.4. The number of sulfonamides is 1. The summed E-state index contributed by atoms with van der Waals surface area (Å²) in [4.78, 5) is 27.8. The third kappa shape index (κ3) is 9.35. The van der Waals surface area contributed by atoms with Gasteiger partial charge < -0.3 is 15.0 Å². The summed E-state index contributed by atoms with van der Waals surface area (Å²) in [7, 11) is -2.06. The molecule has 2 aromatic rings. The van der Waals surface area contributed by atoms with Gasteiger partial charge in [0.05, 0.1) is 19.1 Å². The standard InChI is InChI=1S/C27H38FN3O5S/c1-5-7-18-29-27(33)25(6-2)30(20-21-10-12-22(28)13-11-21)26(32)9-8-19-31(37(4,34)35)23-14-16-24(36-3)17-15-23/h10-17,25H,5-9,18-20H2,1-4H3,(H,29,33). The van der Waals surface area contributed by atoms with E-state index in [4.69, 9.17) is 4.74 Å². The third-order valence-electron chi connectivity index (χ3n) is 5.99. The Hall–Kier alpha value is -3.14. The van der Waals surface area contributed by atoms with Crippen molar-refractivity contribution in [1.82, 2.24) is 10.2 Å². The lowest BCUT2D eigenvalue weighted by Crippen LogP contribution is -2.49. The molecule has 0 bridgehead atoms. The summed E-state index contributed by atoms with van der Waals surface area (Å²) >= 11 is 0. The molecule has 2 aromatic carbocycles. The molecule has 0 aliphatic heterocycles. The molecular formula is C27H38FN3O5S. The highest BCUT2D eigenvalue weighted by Gasteiger charge is 2.28. The van der Waals surface area contributed by atoms with E-state index in [0.717, 1.165) is 19.1 Å². The lowest BCUT2D eigenvalue weighted by atomic mass is 10.1. The van der Waals surface area contributed by atoms with Crippen LogP contribution in [-0.4, -0.2) is 57.6 Å². The number of halogens is 1. The molecule has 0 fully saturated rings. The molecule has 10 heteroatoms. The van der Waals surface area contributed by atoms with Crippen molar-refractivity contribution in [3.8, 4) is 5.75 Å². The van der Waals surface area contributed by atoms with Crippen molar-refractivity contribution in [3.05, 3.63) is 59.9 Å².